The Hall–Kier alpha value is -2.89. The highest BCUT2D eigenvalue weighted by Crippen LogP contribution is 2.49. The predicted molar refractivity (Wildman–Crippen MR) is 260 cm³/mol. The van der Waals surface area contributed by atoms with Crippen molar-refractivity contribution in [3.63, 3.8) is 0 Å². The van der Waals surface area contributed by atoms with Gasteiger partial charge in [0.1, 0.15) is 43.2 Å². The Balaban J connectivity index is 2.61. The molecule has 0 aliphatic heterocycles. The van der Waals surface area contributed by atoms with Gasteiger partial charge in [0.2, 0.25) is 0 Å². The molecule has 17 nitrogen and oxygen atoms in total. The largest absolute Gasteiger partial charge is 0.472 e. The van der Waals surface area contributed by atoms with Crippen LogP contribution >= 0.6 is 15.6 Å². The first kappa shape index (κ1) is 63.1. The predicted octanol–water partition coefficient (Wildman–Crippen LogP) is 8.80. The van der Waals surface area contributed by atoms with Crippen LogP contribution < -0.4 is 0 Å². The number of aliphatic hydroxyl groups is 4. The monoisotopic (exact) mass is 1000 g/mol. The fourth-order valence-electron chi connectivity index (χ4n) is 6.94. The van der Waals surface area contributed by atoms with Gasteiger partial charge in [-0.05, 0) is 76.7 Å². The van der Waals surface area contributed by atoms with Gasteiger partial charge in [-0.2, -0.15) is 0 Å². The Labute approximate surface area is 404 Å². The van der Waals surface area contributed by atoms with Crippen molar-refractivity contribution in [1.29, 1.82) is 0 Å². The lowest BCUT2D eigenvalue weighted by Gasteiger charge is -2.43. The van der Waals surface area contributed by atoms with Crippen LogP contribution in [0.2, 0.25) is 0 Å². The third kappa shape index (κ3) is 32.8. The minimum Gasteiger partial charge on any atom is -0.462 e. The number of hydrogen-bond acceptors (Lipinski definition) is 14. The average Bonchev–Trinajstić information content (AvgIpc) is 3.29. The molecule has 0 aromatic rings. The third-order valence-electron chi connectivity index (χ3n) is 10.7. The number of esters is 2. The van der Waals surface area contributed by atoms with Crippen LogP contribution in [-0.4, -0.2) is 109 Å². The number of rotatable bonds is 40. The molecule has 390 valence electrons. The highest BCUT2D eigenvalue weighted by atomic mass is 31.2. The zero-order chi connectivity index (χ0) is 50.5. The summed E-state index contributed by atoms with van der Waals surface area (Å²) in [6, 6.07) is 0. The number of hydrogen-bond donors (Lipinski definition) is 7. The fourth-order valence-corrected chi connectivity index (χ4v) is 8.48. The number of ether oxygens (including phenoxy) is 2. The van der Waals surface area contributed by atoms with E-state index in [1.165, 1.54) is 6.42 Å². The summed E-state index contributed by atoms with van der Waals surface area (Å²) in [4.78, 5) is 66.5. The first-order valence-corrected chi connectivity index (χ1v) is 27.5. The SMILES string of the molecule is CC/C=C\C/C=C\C/C=C\C/C=C\CCCCCCCCC(=O)OC[C@H](COP(=O)(O)O[C@H]1C(O)C(O)C(O)[C@@H](OP(=O)(O)O)C1O)OC(=O)CCCCCCCC(=O)/C=C/C=C\CCCCC. The Bertz CT molecular complexity index is 1650. The maximum atomic E-state index is 13.0. The quantitative estimate of drug-likeness (QED) is 0.00754. The average molecular weight is 1010 g/mol. The van der Waals surface area contributed by atoms with E-state index in [-0.39, 0.29) is 18.6 Å². The summed E-state index contributed by atoms with van der Waals surface area (Å²) in [7, 11) is -10.7. The highest BCUT2D eigenvalue weighted by molar-refractivity contribution is 7.47. The van der Waals surface area contributed by atoms with Gasteiger partial charge in [-0.25, -0.2) is 9.13 Å². The van der Waals surface area contributed by atoms with Gasteiger partial charge in [-0.3, -0.25) is 28.0 Å². The van der Waals surface area contributed by atoms with Crippen molar-refractivity contribution in [3.8, 4) is 0 Å². The molecule has 1 fully saturated rings. The van der Waals surface area contributed by atoms with Crippen LogP contribution in [0.3, 0.4) is 0 Å². The van der Waals surface area contributed by atoms with Crippen LogP contribution in [-0.2, 0) is 46.6 Å². The minimum absolute atomic E-state index is 0.0407. The van der Waals surface area contributed by atoms with Crippen LogP contribution in [0.4, 0.5) is 0 Å². The Morgan fingerprint density at radius 3 is 1.62 bits per heavy atom. The van der Waals surface area contributed by atoms with Gasteiger partial charge in [0.25, 0.3) is 0 Å². The lowest BCUT2D eigenvalue weighted by molar-refractivity contribution is -0.216. The number of unbranched alkanes of at least 4 members (excludes halogenated alkanes) is 13. The summed E-state index contributed by atoms with van der Waals surface area (Å²) >= 11 is 0. The van der Waals surface area contributed by atoms with Crippen molar-refractivity contribution in [3.05, 3.63) is 72.9 Å². The molecule has 68 heavy (non-hydrogen) atoms. The van der Waals surface area contributed by atoms with Gasteiger partial charge < -0.3 is 44.6 Å². The minimum atomic E-state index is -5.38. The smallest absolute Gasteiger partial charge is 0.462 e. The number of allylic oxidation sites excluding steroid dienone is 12. The van der Waals surface area contributed by atoms with E-state index >= 15 is 0 Å². The molecule has 0 spiro atoms. The Kier molecular flexibility index (Phi) is 36.0. The second-order valence-corrected chi connectivity index (χ2v) is 19.4. The number of carbonyl (C=O) groups is 3. The molecule has 1 rings (SSSR count). The third-order valence-corrected chi connectivity index (χ3v) is 12.2. The van der Waals surface area contributed by atoms with Crippen molar-refractivity contribution >= 4 is 33.4 Å². The molecule has 1 saturated carbocycles. The summed E-state index contributed by atoms with van der Waals surface area (Å²) in [5.74, 6) is -1.28. The van der Waals surface area contributed by atoms with E-state index in [1.807, 2.05) is 6.08 Å². The van der Waals surface area contributed by atoms with Crippen LogP contribution in [0.15, 0.2) is 72.9 Å². The van der Waals surface area contributed by atoms with Crippen LogP contribution in [0.1, 0.15) is 162 Å². The molecule has 8 atom stereocenters. The van der Waals surface area contributed by atoms with Crippen molar-refractivity contribution < 1.29 is 81.7 Å². The van der Waals surface area contributed by atoms with Gasteiger partial charge in [-0.15, -0.1) is 0 Å². The summed E-state index contributed by atoms with van der Waals surface area (Å²) in [5, 5.41) is 41.3. The molecular formula is C49H82O17P2. The molecule has 19 heteroatoms. The van der Waals surface area contributed by atoms with Crippen LogP contribution in [0.25, 0.3) is 0 Å². The van der Waals surface area contributed by atoms with E-state index in [1.54, 1.807) is 12.2 Å². The zero-order valence-corrected chi connectivity index (χ0v) is 42.0. The zero-order valence-electron chi connectivity index (χ0n) is 40.3. The molecule has 1 aliphatic rings. The summed E-state index contributed by atoms with van der Waals surface area (Å²) in [6.07, 6.45) is 28.1. The molecule has 0 aromatic carbocycles. The standard InChI is InChI=1S/C49H82O17P2/c1-3-5-7-9-11-12-13-14-15-16-17-18-19-20-21-22-24-28-32-36-42(51)62-38-41(64-43(52)37-33-29-25-27-31-35-40(50)34-30-26-23-10-8-6-4-2)39-63-68(60,61)66-49-46(55)44(53)45(54)48(47(49)56)65-67(57,58)59/h5,7,11-12,14-15,17-18,23,26,30,34,41,44-49,53-56H,3-4,6,8-10,13,16,19-22,24-25,27-29,31-33,35-39H2,1-2H3,(H,60,61)(H2,57,58,59)/b7-5-,12-11-,15-14-,18-17-,26-23-,34-30+/t41-,44?,45?,46?,47?,48-,49+/m1/s1. The molecule has 0 radical (unpaired) electrons. The molecule has 7 N–H and O–H groups in total. The van der Waals surface area contributed by atoms with Crippen molar-refractivity contribution in [1.82, 2.24) is 0 Å². The lowest BCUT2D eigenvalue weighted by Crippen LogP contribution is -2.64. The molecule has 0 heterocycles. The highest BCUT2D eigenvalue weighted by Gasteiger charge is 2.54. The Morgan fingerprint density at radius 2 is 1.03 bits per heavy atom. The number of aliphatic hydroxyl groups excluding tert-OH is 4. The second-order valence-electron chi connectivity index (χ2n) is 16.8. The normalized spacial score (nSPS) is 21.8. The topological polar surface area (TPSA) is 273 Å². The van der Waals surface area contributed by atoms with E-state index in [9.17, 15) is 58.6 Å². The number of phosphoric acid groups is 2. The number of carbonyl (C=O) groups excluding carboxylic acids is 3. The maximum absolute atomic E-state index is 13.0. The van der Waals surface area contributed by atoms with Gasteiger partial charge in [-0.1, -0.05) is 138 Å². The Morgan fingerprint density at radius 1 is 0.529 bits per heavy atom. The molecule has 0 saturated heterocycles. The molecule has 1 aliphatic carbocycles. The first-order valence-electron chi connectivity index (χ1n) is 24.4. The second kappa shape index (κ2) is 38.8. The van der Waals surface area contributed by atoms with Crippen LogP contribution in [0, 0.1) is 0 Å². The molecular weight excluding hydrogens is 922 g/mol. The summed E-state index contributed by atoms with van der Waals surface area (Å²) < 4.78 is 49.3. The lowest BCUT2D eigenvalue weighted by atomic mass is 9.85. The molecule has 0 bridgehead atoms. The summed E-state index contributed by atoms with van der Waals surface area (Å²) in [5.41, 5.74) is 0. The van der Waals surface area contributed by atoms with E-state index in [2.05, 4.69) is 73.1 Å². The van der Waals surface area contributed by atoms with Crippen LogP contribution in [0.5, 0.6) is 0 Å². The molecule has 0 aromatic heterocycles. The van der Waals surface area contributed by atoms with E-state index < -0.39 is 83.5 Å². The molecule has 5 unspecified atom stereocenters. The molecule has 0 amide bonds. The van der Waals surface area contributed by atoms with E-state index in [0.717, 1.165) is 96.3 Å². The van der Waals surface area contributed by atoms with E-state index in [4.69, 9.17) is 18.5 Å². The van der Waals surface area contributed by atoms with Gasteiger partial charge in [0.05, 0.1) is 6.61 Å². The van der Waals surface area contributed by atoms with Crippen molar-refractivity contribution in [2.24, 2.45) is 0 Å². The number of ketones is 1. The fraction of sp³-hybridized carbons (Fsp3) is 0.694. The number of phosphoric ester groups is 2. The van der Waals surface area contributed by atoms with E-state index in [0.29, 0.717) is 32.1 Å². The van der Waals surface area contributed by atoms with Gasteiger partial charge in [0.15, 0.2) is 11.9 Å². The first-order chi connectivity index (χ1) is 32.5. The maximum Gasteiger partial charge on any atom is 0.472 e. The van der Waals surface area contributed by atoms with Gasteiger partial charge in [0, 0.05) is 19.3 Å². The van der Waals surface area contributed by atoms with Gasteiger partial charge >= 0.3 is 27.6 Å². The van der Waals surface area contributed by atoms with Crippen molar-refractivity contribution in [2.75, 3.05) is 13.2 Å². The summed E-state index contributed by atoms with van der Waals surface area (Å²) in [6.45, 7) is 2.83. The van der Waals surface area contributed by atoms with Crippen molar-refractivity contribution in [2.45, 2.75) is 204 Å².